The molecule has 0 amide bonds. The Morgan fingerprint density at radius 1 is 1.12 bits per heavy atom. The number of hydrogen-bond donors (Lipinski definition) is 2. The number of ether oxygens (including phenoxy) is 1. The van der Waals surface area contributed by atoms with E-state index in [2.05, 4.69) is 6.92 Å². The predicted octanol–water partition coefficient (Wildman–Crippen LogP) is 3.22. The van der Waals surface area contributed by atoms with E-state index in [-0.39, 0.29) is 47.6 Å². The molecule has 3 saturated carbocycles. The van der Waals surface area contributed by atoms with Gasteiger partial charge in [0, 0.05) is 17.8 Å². The summed E-state index contributed by atoms with van der Waals surface area (Å²) < 4.78 is 5.96. The van der Waals surface area contributed by atoms with Crippen LogP contribution in [-0.2, 0) is 23.9 Å². The molecule has 0 spiro atoms. The molecule has 7 heteroatoms. The number of carbonyl (C=O) groups excluding carboxylic acids is 3. The topological polar surface area (TPSA) is 118 Å². The van der Waals surface area contributed by atoms with Crippen LogP contribution in [0, 0.1) is 28.6 Å². The van der Waals surface area contributed by atoms with Crippen LogP contribution in [0.2, 0.25) is 0 Å². The highest BCUT2D eigenvalue weighted by atomic mass is 16.5. The van der Waals surface area contributed by atoms with Crippen LogP contribution in [0.3, 0.4) is 0 Å². The van der Waals surface area contributed by atoms with Crippen LogP contribution in [0.15, 0.2) is 11.6 Å². The van der Waals surface area contributed by atoms with Crippen LogP contribution in [0.5, 0.6) is 0 Å². The highest BCUT2D eigenvalue weighted by molar-refractivity contribution is 5.91. The van der Waals surface area contributed by atoms with Gasteiger partial charge in [-0.15, -0.1) is 0 Å². The summed E-state index contributed by atoms with van der Waals surface area (Å²) in [4.78, 5) is 48.2. The van der Waals surface area contributed by atoms with Crippen molar-refractivity contribution in [1.82, 2.24) is 0 Å². The van der Waals surface area contributed by atoms with Crippen molar-refractivity contribution in [2.45, 2.75) is 90.3 Å². The second kappa shape index (κ2) is 7.79. The minimum absolute atomic E-state index is 0.0169. The number of carboxylic acid groups (broad SMARTS) is 1. The Balaban J connectivity index is 1.73. The molecule has 32 heavy (non-hydrogen) atoms. The highest BCUT2D eigenvalue weighted by Gasteiger charge is 2.68. The quantitative estimate of drug-likeness (QED) is 0.623. The molecule has 2 N–H and O–H groups in total. The van der Waals surface area contributed by atoms with Gasteiger partial charge >= 0.3 is 11.9 Å². The first-order valence-corrected chi connectivity index (χ1v) is 11.8. The molecule has 4 aliphatic carbocycles. The zero-order valence-corrected chi connectivity index (χ0v) is 19.2. The fourth-order valence-electron chi connectivity index (χ4n) is 7.78. The number of Topliss-reactive ketones (excluding diaryl/α,β-unsaturated/α-hetero) is 1. The van der Waals surface area contributed by atoms with Crippen molar-refractivity contribution in [3.8, 4) is 0 Å². The maximum atomic E-state index is 12.6. The van der Waals surface area contributed by atoms with Gasteiger partial charge in [-0.2, -0.15) is 0 Å². The average Bonchev–Trinajstić information content (AvgIpc) is 2.98. The first-order chi connectivity index (χ1) is 14.9. The average molecular weight is 447 g/mol. The molecule has 4 unspecified atom stereocenters. The number of ketones is 2. The predicted molar refractivity (Wildman–Crippen MR) is 114 cm³/mol. The van der Waals surface area contributed by atoms with E-state index in [1.807, 2.05) is 6.92 Å². The van der Waals surface area contributed by atoms with Crippen LogP contribution >= 0.6 is 0 Å². The van der Waals surface area contributed by atoms with Crippen molar-refractivity contribution < 1.29 is 34.1 Å². The molecule has 0 bridgehead atoms. The molecule has 7 nitrogen and oxygen atoms in total. The Bertz CT molecular complexity index is 891. The van der Waals surface area contributed by atoms with Crippen molar-refractivity contribution >= 4 is 23.5 Å². The highest BCUT2D eigenvalue weighted by Crippen LogP contribution is 2.68. The summed E-state index contributed by atoms with van der Waals surface area (Å²) in [5.41, 5.74) is -1.33. The number of esters is 1. The van der Waals surface area contributed by atoms with E-state index in [1.165, 1.54) is 6.92 Å². The van der Waals surface area contributed by atoms with Crippen molar-refractivity contribution in [2.75, 3.05) is 0 Å². The third kappa shape index (κ3) is 3.35. The Morgan fingerprint density at radius 2 is 1.84 bits per heavy atom. The minimum Gasteiger partial charge on any atom is -0.481 e. The number of allylic oxidation sites excluding steroid dienone is 1. The van der Waals surface area contributed by atoms with Gasteiger partial charge in [-0.05, 0) is 68.8 Å². The third-order valence-electron chi connectivity index (χ3n) is 9.43. The summed E-state index contributed by atoms with van der Waals surface area (Å²) >= 11 is 0. The molecule has 3 fully saturated rings. The van der Waals surface area contributed by atoms with Crippen LogP contribution in [-0.4, -0.2) is 45.4 Å². The number of fused-ring (bicyclic) bond motifs is 5. The first-order valence-electron chi connectivity index (χ1n) is 11.8. The number of aliphatic carboxylic acids is 1. The second-order valence-corrected chi connectivity index (χ2v) is 10.9. The Hall–Kier alpha value is -2.02. The van der Waals surface area contributed by atoms with Gasteiger partial charge < -0.3 is 14.9 Å². The maximum Gasteiger partial charge on any atom is 0.306 e. The Morgan fingerprint density at radius 3 is 2.50 bits per heavy atom. The summed E-state index contributed by atoms with van der Waals surface area (Å²) in [7, 11) is 0. The molecule has 0 aromatic rings. The smallest absolute Gasteiger partial charge is 0.306 e. The summed E-state index contributed by atoms with van der Waals surface area (Å²) in [6.45, 7) is 5.55. The summed E-state index contributed by atoms with van der Waals surface area (Å²) in [6.07, 6.45) is 5.04. The summed E-state index contributed by atoms with van der Waals surface area (Å²) in [6, 6.07) is 0. The monoisotopic (exact) mass is 446 g/mol. The molecule has 4 aliphatic rings. The van der Waals surface area contributed by atoms with Crippen LogP contribution < -0.4 is 0 Å². The van der Waals surface area contributed by atoms with Gasteiger partial charge in [0.25, 0.3) is 0 Å². The van der Waals surface area contributed by atoms with Gasteiger partial charge in [-0.25, -0.2) is 0 Å². The standard InChI is InChI=1S/C25H34O7/c1-14(26)25(31)11-9-18-17-5-4-15-12-16(27)8-10-23(15,2)22(17)19(13-24(18,25)3)32-21(30)7-6-20(28)29/h12,17-19,22,31H,4-11,13H2,1-3H3,(H,28,29)/t17?,18?,19?,22?,23-,24-,25-/m0/s1. The van der Waals surface area contributed by atoms with Crippen molar-refractivity contribution in [3.05, 3.63) is 11.6 Å². The summed E-state index contributed by atoms with van der Waals surface area (Å²) in [5.74, 6) is -1.45. The zero-order chi connectivity index (χ0) is 23.5. The third-order valence-corrected chi connectivity index (χ3v) is 9.43. The molecule has 0 aromatic heterocycles. The maximum absolute atomic E-state index is 12.6. The second-order valence-electron chi connectivity index (χ2n) is 10.9. The molecular formula is C25H34O7. The fourth-order valence-corrected chi connectivity index (χ4v) is 7.78. The largest absolute Gasteiger partial charge is 0.481 e. The number of carbonyl (C=O) groups is 4. The van der Waals surface area contributed by atoms with Gasteiger partial charge in [0.2, 0.25) is 0 Å². The van der Waals surface area contributed by atoms with E-state index >= 15 is 0 Å². The molecule has 0 heterocycles. The number of hydrogen-bond acceptors (Lipinski definition) is 6. The van der Waals surface area contributed by atoms with Crippen molar-refractivity contribution in [3.63, 3.8) is 0 Å². The van der Waals surface area contributed by atoms with E-state index < -0.39 is 29.1 Å². The van der Waals surface area contributed by atoms with Gasteiger partial charge in [-0.3, -0.25) is 19.2 Å². The fraction of sp³-hybridized carbons (Fsp3) is 0.760. The molecular weight excluding hydrogens is 412 g/mol. The lowest BCUT2D eigenvalue weighted by Crippen LogP contribution is -2.62. The molecule has 0 saturated heterocycles. The van der Waals surface area contributed by atoms with E-state index in [0.717, 1.165) is 24.8 Å². The number of aliphatic hydroxyl groups is 1. The lowest BCUT2D eigenvalue weighted by atomic mass is 9.45. The first kappa shape index (κ1) is 23.1. The molecule has 0 aromatic carbocycles. The lowest BCUT2D eigenvalue weighted by Gasteiger charge is -2.60. The normalized spacial score (nSPS) is 42.9. The minimum atomic E-state index is -1.45. The number of rotatable bonds is 5. The molecule has 7 atom stereocenters. The Labute approximate surface area is 188 Å². The van der Waals surface area contributed by atoms with E-state index in [0.29, 0.717) is 25.7 Å². The SMILES string of the molecule is CC(=O)[C@@]1(O)CCC2C3CCC4=CC(=O)CC[C@]4(C)C3C(OC(=O)CCC(=O)O)C[C@@]21C. The summed E-state index contributed by atoms with van der Waals surface area (Å²) in [5, 5.41) is 20.4. The lowest BCUT2D eigenvalue weighted by molar-refractivity contribution is -0.195. The van der Waals surface area contributed by atoms with E-state index in [1.54, 1.807) is 6.08 Å². The van der Waals surface area contributed by atoms with Crippen LogP contribution in [0.1, 0.15) is 78.6 Å². The van der Waals surface area contributed by atoms with E-state index in [4.69, 9.17) is 9.84 Å². The van der Waals surface area contributed by atoms with Gasteiger partial charge in [0.05, 0.1) is 12.8 Å². The van der Waals surface area contributed by atoms with Crippen molar-refractivity contribution in [2.24, 2.45) is 28.6 Å². The van der Waals surface area contributed by atoms with Gasteiger partial charge in [0.15, 0.2) is 11.6 Å². The van der Waals surface area contributed by atoms with Gasteiger partial charge in [0.1, 0.15) is 11.7 Å². The molecule has 0 aliphatic heterocycles. The van der Waals surface area contributed by atoms with Crippen LogP contribution in [0.4, 0.5) is 0 Å². The zero-order valence-electron chi connectivity index (χ0n) is 19.2. The molecule has 4 rings (SSSR count). The Kier molecular flexibility index (Phi) is 5.63. The van der Waals surface area contributed by atoms with Crippen LogP contribution in [0.25, 0.3) is 0 Å². The number of carboxylic acids is 1. The van der Waals surface area contributed by atoms with Crippen molar-refractivity contribution in [1.29, 1.82) is 0 Å². The molecule has 176 valence electrons. The van der Waals surface area contributed by atoms with Gasteiger partial charge in [-0.1, -0.05) is 19.4 Å². The molecule has 0 radical (unpaired) electrons. The van der Waals surface area contributed by atoms with E-state index in [9.17, 15) is 24.3 Å².